The Morgan fingerprint density at radius 3 is 3.15 bits per heavy atom. The first kappa shape index (κ1) is 10.5. The summed E-state index contributed by atoms with van der Waals surface area (Å²) >= 11 is 0. The Kier molecular flexibility index (Phi) is 4.84. The van der Waals surface area contributed by atoms with Gasteiger partial charge in [0.2, 0.25) is 0 Å². The molecule has 0 bridgehead atoms. The molecule has 1 aliphatic rings. The summed E-state index contributed by atoms with van der Waals surface area (Å²) < 4.78 is 5.46. The molecular weight excluding hydrogens is 164 g/mol. The second-order valence-corrected chi connectivity index (χ2v) is 3.21. The Labute approximate surface area is 80.2 Å². The molecule has 3 nitrogen and oxygen atoms in total. The van der Waals surface area contributed by atoms with Crippen molar-refractivity contribution in [2.75, 3.05) is 32.8 Å². The van der Waals surface area contributed by atoms with E-state index in [1.54, 1.807) is 0 Å². The molecule has 0 spiro atoms. The number of hydrogen-bond acceptors (Lipinski definition) is 3. The maximum Gasteiger partial charge on any atom is 0.0824 e. The molecule has 74 valence electrons. The van der Waals surface area contributed by atoms with Gasteiger partial charge in [-0.15, -0.1) is 11.8 Å². The predicted molar refractivity (Wildman–Crippen MR) is 53.3 cm³/mol. The summed E-state index contributed by atoms with van der Waals surface area (Å²) in [6.07, 6.45) is 1.18. The summed E-state index contributed by atoms with van der Waals surface area (Å²) in [5.41, 5.74) is 5.54. The van der Waals surface area contributed by atoms with Crippen LogP contribution in [0, 0.1) is 11.8 Å². The van der Waals surface area contributed by atoms with Gasteiger partial charge in [-0.2, -0.15) is 0 Å². The highest BCUT2D eigenvalue weighted by Gasteiger charge is 2.17. The quantitative estimate of drug-likeness (QED) is 0.627. The second-order valence-electron chi connectivity index (χ2n) is 3.21. The zero-order valence-corrected chi connectivity index (χ0v) is 8.25. The molecule has 13 heavy (non-hydrogen) atoms. The molecule has 0 amide bonds. The van der Waals surface area contributed by atoms with Crippen molar-refractivity contribution >= 4 is 0 Å². The molecule has 1 heterocycles. The van der Waals surface area contributed by atoms with Gasteiger partial charge in [-0.3, -0.25) is 4.90 Å². The van der Waals surface area contributed by atoms with Gasteiger partial charge in [0.15, 0.2) is 0 Å². The van der Waals surface area contributed by atoms with Crippen LogP contribution in [0.3, 0.4) is 0 Å². The lowest BCUT2D eigenvalue weighted by atomic mass is 10.2. The molecule has 1 aliphatic heterocycles. The number of rotatable bonds is 3. The second kappa shape index (κ2) is 5.98. The predicted octanol–water partition coefficient (Wildman–Crippen LogP) is 0.0593. The van der Waals surface area contributed by atoms with E-state index in [1.807, 2.05) is 6.92 Å². The van der Waals surface area contributed by atoms with Crippen molar-refractivity contribution < 1.29 is 4.74 Å². The number of morpholine rings is 1. The van der Waals surface area contributed by atoms with Crippen LogP contribution in [0.1, 0.15) is 13.3 Å². The van der Waals surface area contributed by atoms with E-state index in [1.165, 1.54) is 0 Å². The van der Waals surface area contributed by atoms with Crippen molar-refractivity contribution in [1.82, 2.24) is 4.90 Å². The Bertz CT molecular complexity index is 195. The molecule has 0 radical (unpaired) electrons. The summed E-state index contributed by atoms with van der Waals surface area (Å²) in [7, 11) is 0. The third-order valence-electron chi connectivity index (χ3n) is 2.22. The van der Waals surface area contributed by atoms with E-state index < -0.39 is 0 Å². The van der Waals surface area contributed by atoms with Gasteiger partial charge in [0.1, 0.15) is 0 Å². The fourth-order valence-corrected chi connectivity index (χ4v) is 1.47. The van der Waals surface area contributed by atoms with E-state index in [9.17, 15) is 0 Å². The minimum absolute atomic E-state index is 0.225. The van der Waals surface area contributed by atoms with Gasteiger partial charge < -0.3 is 10.5 Å². The fraction of sp³-hybridized carbons (Fsp3) is 0.800. The highest BCUT2D eigenvalue weighted by Crippen LogP contribution is 2.03. The van der Waals surface area contributed by atoms with Gasteiger partial charge in [-0.1, -0.05) is 0 Å². The minimum atomic E-state index is 0.225. The van der Waals surface area contributed by atoms with Crippen LogP contribution in [-0.2, 0) is 4.74 Å². The van der Waals surface area contributed by atoms with E-state index in [-0.39, 0.29) is 6.10 Å². The highest BCUT2D eigenvalue weighted by atomic mass is 16.5. The van der Waals surface area contributed by atoms with Crippen LogP contribution in [0.2, 0.25) is 0 Å². The van der Waals surface area contributed by atoms with Crippen molar-refractivity contribution in [3.05, 3.63) is 0 Å². The average molecular weight is 182 g/mol. The van der Waals surface area contributed by atoms with Gasteiger partial charge in [0.25, 0.3) is 0 Å². The average Bonchev–Trinajstić information content (AvgIpc) is 2.19. The summed E-state index contributed by atoms with van der Waals surface area (Å²) in [4.78, 5) is 2.37. The van der Waals surface area contributed by atoms with Gasteiger partial charge in [0, 0.05) is 32.6 Å². The third kappa shape index (κ3) is 3.77. The van der Waals surface area contributed by atoms with Crippen molar-refractivity contribution in [3.63, 3.8) is 0 Å². The Balaban J connectivity index is 2.20. The smallest absolute Gasteiger partial charge is 0.0824 e. The van der Waals surface area contributed by atoms with E-state index in [0.29, 0.717) is 6.54 Å². The lowest BCUT2D eigenvalue weighted by Crippen LogP contribution is -2.45. The molecule has 0 aromatic rings. The van der Waals surface area contributed by atoms with E-state index in [4.69, 9.17) is 10.5 Å². The van der Waals surface area contributed by atoms with E-state index >= 15 is 0 Å². The minimum Gasteiger partial charge on any atom is -0.374 e. The molecule has 2 N–H and O–H groups in total. The van der Waals surface area contributed by atoms with E-state index in [0.717, 1.165) is 32.7 Å². The first-order chi connectivity index (χ1) is 6.36. The van der Waals surface area contributed by atoms with Gasteiger partial charge in [0.05, 0.1) is 12.7 Å². The summed E-state index contributed by atoms with van der Waals surface area (Å²) in [6, 6.07) is 0. The van der Waals surface area contributed by atoms with Crippen LogP contribution >= 0.6 is 0 Å². The number of hydrogen-bond donors (Lipinski definition) is 1. The molecule has 0 saturated carbocycles. The van der Waals surface area contributed by atoms with Crippen molar-refractivity contribution in [2.24, 2.45) is 5.73 Å². The largest absolute Gasteiger partial charge is 0.374 e. The summed E-state index contributed by atoms with van der Waals surface area (Å²) in [5, 5.41) is 0. The highest BCUT2D eigenvalue weighted by molar-refractivity contribution is 4.95. The molecule has 0 aliphatic carbocycles. The van der Waals surface area contributed by atoms with E-state index in [2.05, 4.69) is 16.7 Å². The number of nitrogens with zero attached hydrogens (tertiary/aromatic N) is 1. The molecule has 1 unspecified atom stereocenters. The Hall–Kier alpha value is -0.560. The monoisotopic (exact) mass is 182 g/mol. The lowest BCUT2D eigenvalue weighted by Gasteiger charge is -2.31. The molecule has 1 rings (SSSR count). The Morgan fingerprint density at radius 2 is 2.46 bits per heavy atom. The molecule has 1 saturated heterocycles. The van der Waals surface area contributed by atoms with Crippen LogP contribution in [0.4, 0.5) is 0 Å². The number of nitrogens with two attached hydrogens (primary N) is 1. The molecule has 1 fully saturated rings. The SMILES string of the molecule is CC#CCCN1CCOC(CN)C1. The lowest BCUT2D eigenvalue weighted by molar-refractivity contribution is -0.0222. The first-order valence-corrected chi connectivity index (χ1v) is 4.80. The summed E-state index contributed by atoms with van der Waals surface area (Å²) in [5.74, 6) is 5.96. The van der Waals surface area contributed by atoms with Crippen LogP contribution < -0.4 is 5.73 Å². The zero-order valence-electron chi connectivity index (χ0n) is 8.25. The third-order valence-corrected chi connectivity index (χ3v) is 2.22. The topological polar surface area (TPSA) is 38.5 Å². The fourth-order valence-electron chi connectivity index (χ4n) is 1.47. The number of ether oxygens (including phenoxy) is 1. The normalized spacial score (nSPS) is 23.7. The molecule has 0 aromatic heterocycles. The maximum absolute atomic E-state index is 5.54. The Morgan fingerprint density at radius 1 is 1.62 bits per heavy atom. The summed E-state index contributed by atoms with van der Waals surface area (Å²) in [6.45, 7) is 6.32. The molecular formula is C10H18N2O. The standard InChI is InChI=1S/C10H18N2O/c1-2-3-4-5-12-6-7-13-10(8-11)9-12/h10H,4-9,11H2,1H3. The molecule has 3 heteroatoms. The maximum atomic E-state index is 5.54. The molecule has 1 atom stereocenters. The van der Waals surface area contributed by atoms with Crippen molar-refractivity contribution in [2.45, 2.75) is 19.4 Å². The van der Waals surface area contributed by atoms with Crippen LogP contribution in [0.25, 0.3) is 0 Å². The van der Waals surface area contributed by atoms with Gasteiger partial charge in [-0.25, -0.2) is 0 Å². The van der Waals surface area contributed by atoms with Gasteiger partial charge >= 0.3 is 0 Å². The molecule has 0 aromatic carbocycles. The van der Waals surface area contributed by atoms with Gasteiger partial charge in [-0.05, 0) is 6.92 Å². The zero-order chi connectivity index (χ0) is 9.52. The van der Waals surface area contributed by atoms with Crippen LogP contribution in [0.5, 0.6) is 0 Å². The van der Waals surface area contributed by atoms with Crippen molar-refractivity contribution in [3.8, 4) is 11.8 Å². The first-order valence-electron chi connectivity index (χ1n) is 4.80. The van der Waals surface area contributed by atoms with Crippen LogP contribution in [0.15, 0.2) is 0 Å². The van der Waals surface area contributed by atoms with Crippen molar-refractivity contribution in [1.29, 1.82) is 0 Å². The van der Waals surface area contributed by atoms with Crippen LogP contribution in [-0.4, -0.2) is 43.8 Å².